The Morgan fingerprint density at radius 2 is 2.32 bits per heavy atom. The second-order valence-electron chi connectivity index (χ2n) is 5.11. The Morgan fingerprint density at radius 3 is 2.95 bits per heavy atom. The first-order valence-corrected chi connectivity index (χ1v) is 7.85. The first-order valence-electron chi connectivity index (χ1n) is 6.91. The van der Waals surface area contributed by atoms with Crippen LogP contribution in [-0.4, -0.2) is 21.6 Å². The lowest BCUT2D eigenvalue weighted by molar-refractivity contribution is 0.256. The van der Waals surface area contributed by atoms with Gasteiger partial charge in [-0.1, -0.05) is 18.5 Å². The molecule has 0 atom stereocenters. The monoisotopic (exact) mass is 277 g/mol. The minimum Gasteiger partial charge on any atom is -0.339 e. The molecule has 2 aromatic rings. The van der Waals surface area contributed by atoms with Crippen LogP contribution in [0.25, 0.3) is 0 Å². The fourth-order valence-electron chi connectivity index (χ4n) is 2.27. The Bertz CT molecular complexity index is 505. The van der Waals surface area contributed by atoms with Crippen LogP contribution < -0.4 is 0 Å². The van der Waals surface area contributed by atoms with Gasteiger partial charge in [0.15, 0.2) is 5.82 Å². The van der Waals surface area contributed by atoms with E-state index >= 15 is 0 Å². The fourth-order valence-corrected chi connectivity index (χ4v) is 2.93. The minimum absolute atomic E-state index is 0.521. The highest BCUT2D eigenvalue weighted by atomic mass is 32.1. The van der Waals surface area contributed by atoms with Gasteiger partial charge in [-0.2, -0.15) is 16.3 Å². The molecule has 2 heterocycles. The van der Waals surface area contributed by atoms with E-state index in [-0.39, 0.29) is 0 Å². The molecule has 0 aliphatic heterocycles. The van der Waals surface area contributed by atoms with Gasteiger partial charge in [-0.3, -0.25) is 4.90 Å². The summed E-state index contributed by atoms with van der Waals surface area (Å²) in [5.41, 5.74) is 1.36. The average Bonchev–Trinajstić information content (AvgIpc) is 2.98. The van der Waals surface area contributed by atoms with Gasteiger partial charge in [0, 0.05) is 12.5 Å². The van der Waals surface area contributed by atoms with Gasteiger partial charge in [-0.25, -0.2) is 0 Å². The van der Waals surface area contributed by atoms with Crippen molar-refractivity contribution in [2.45, 2.75) is 45.2 Å². The second-order valence-corrected chi connectivity index (χ2v) is 5.89. The Balaban J connectivity index is 1.60. The molecule has 0 radical (unpaired) electrons. The lowest BCUT2D eigenvalue weighted by Gasteiger charge is -2.20. The van der Waals surface area contributed by atoms with E-state index < -0.39 is 0 Å². The van der Waals surface area contributed by atoms with Crippen LogP contribution in [0.1, 0.15) is 49.4 Å². The van der Waals surface area contributed by atoms with Crippen LogP contribution in [-0.2, 0) is 13.1 Å². The van der Waals surface area contributed by atoms with Gasteiger partial charge < -0.3 is 4.52 Å². The molecule has 4 nitrogen and oxygen atoms in total. The van der Waals surface area contributed by atoms with Crippen LogP contribution in [0, 0.1) is 0 Å². The summed E-state index contributed by atoms with van der Waals surface area (Å²) >= 11 is 1.74. The van der Waals surface area contributed by atoms with E-state index in [0.29, 0.717) is 5.92 Å². The van der Waals surface area contributed by atoms with Crippen molar-refractivity contribution in [1.82, 2.24) is 15.0 Å². The predicted molar refractivity (Wildman–Crippen MR) is 75.0 cm³/mol. The van der Waals surface area contributed by atoms with Crippen LogP contribution in [0.5, 0.6) is 0 Å². The van der Waals surface area contributed by atoms with Crippen molar-refractivity contribution in [2.24, 2.45) is 0 Å². The van der Waals surface area contributed by atoms with Crippen LogP contribution in [0.3, 0.4) is 0 Å². The molecular weight excluding hydrogens is 258 g/mol. The molecule has 0 spiro atoms. The molecule has 1 aliphatic rings. The molecular formula is C14H19N3OS. The smallest absolute Gasteiger partial charge is 0.229 e. The number of hydrogen-bond donors (Lipinski definition) is 0. The standard InChI is InChI=1S/C14H19N3OS/c1-2-17(8-11-6-7-19-10-11)9-13-15-14(18-16-13)12-4-3-5-12/h6-7,10,12H,2-5,8-9H2,1H3. The summed E-state index contributed by atoms with van der Waals surface area (Å²) in [5, 5.41) is 8.42. The largest absolute Gasteiger partial charge is 0.339 e. The van der Waals surface area contributed by atoms with E-state index in [1.165, 1.54) is 24.8 Å². The molecule has 2 aromatic heterocycles. The quantitative estimate of drug-likeness (QED) is 0.811. The molecule has 1 fully saturated rings. The molecule has 0 N–H and O–H groups in total. The first kappa shape index (κ1) is 12.8. The number of aromatic nitrogens is 2. The summed E-state index contributed by atoms with van der Waals surface area (Å²) in [6.07, 6.45) is 3.70. The summed E-state index contributed by atoms with van der Waals surface area (Å²) in [6, 6.07) is 2.17. The van der Waals surface area contributed by atoms with Crippen molar-refractivity contribution in [1.29, 1.82) is 0 Å². The third kappa shape index (κ3) is 3.04. The molecule has 1 saturated carbocycles. The third-order valence-corrected chi connectivity index (χ3v) is 4.47. The molecule has 3 rings (SSSR count). The molecule has 0 saturated heterocycles. The van der Waals surface area contributed by atoms with Crippen molar-refractivity contribution in [3.05, 3.63) is 34.1 Å². The molecule has 102 valence electrons. The van der Waals surface area contributed by atoms with Crippen LogP contribution in [0.2, 0.25) is 0 Å². The highest BCUT2D eigenvalue weighted by Gasteiger charge is 2.25. The van der Waals surface area contributed by atoms with Crippen molar-refractivity contribution >= 4 is 11.3 Å². The third-order valence-electron chi connectivity index (χ3n) is 3.74. The molecule has 19 heavy (non-hydrogen) atoms. The van der Waals surface area contributed by atoms with E-state index in [1.807, 2.05) is 0 Å². The summed E-state index contributed by atoms with van der Waals surface area (Å²) in [5.74, 6) is 2.18. The number of thiophene rings is 1. The zero-order valence-corrected chi connectivity index (χ0v) is 12.0. The maximum atomic E-state index is 5.36. The molecule has 0 bridgehead atoms. The van der Waals surface area contributed by atoms with Gasteiger partial charge in [-0.15, -0.1) is 0 Å². The Morgan fingerprint density at radius 1 is 1.42 bits per heavy atom. The van der Waals surface area contributed by atoms with E-state index in [0.717, 1.165) is 31.3 Å². The van der Waals surface area contributed by atoms with E-state index in [1.54, 1.807) is 11.3 Å². The topological polar surface area (TPSA) is 42.2 Å². The molecule has 5 heteroatoms. The number of nitrogens with zero attached hydrogens (tertiary/aromatic N) is 3. The van der Waals surface area contributed by atoms with Crippen molar-refractivity contribution in [2.75, 3.05) is 6.54 Å². The van der Waals surface area contributed by atoms with Crippen molar-refractivity contribution in [3.63, 3.8) is 0 Å². The second kappa shape index (κ2) is 5.84. The summed E-state index contributed by atoms with van der Waals surface area (Å²) in [7, 11) is 0. The zero-order valence-electron chi connectivity index (χ0n) is 11.2. The summed E-state index contributed by atoms with van der Waals surface area (Å²) < 4.78 is 5.36. The Hall–Kier alpha value is -1.20. The Kier molecular flexibility index (Phi) is 3.94. The fraction of sp³-hybridized carbons (Fsp3) is 0.571. The number of hydrogen-bond acceptors (Lipinski definition) is 5. The summed E-state index contributed by atoms with van der Waals surface area (Å²) in [4.78, 5) is 6.86. The van der Waals surface area contributed by atoms with Gasteiger partial charge in [-0.05, 0) is 41.8 Å². The predicted octanol–water partition coefficient (Wildman–Crippen LogP) is 3.42. The van der Waals surface area contributed by atoms with E-state index in [9.17, 15) is 0 Å². The van der Waals surface area contributed by atoms with Gasteiger partial charge in [0.2, 0.25) is 5.89 Å². The van der Waals surface area contributed by atoms with Crippen LogP contribution in [0.15, 0.2) is 21.3 Å². The van der Waals surface area contributed by atoms with Crippen LogP contribution >= 0.6 is 11.3 Å². The summed E-state index contributed by atoms with van der Waals surface area (Å²) in [6.45, 7) is 4.87. The maximum Gasteiger partial charge on any atom is 0.229 e. The van der Waals surface area contributed by atoms with E-state index in [2.05, 4.69) is 38.8 Å². The van der Waals surface area contributed by atoms with Crippen molar-refractivity contribution in [3.8, 4) is 0 Å². The highest BCUT2D eigenvalue weighted by molar-refractivity contribution is 7.07. The van der Waals surface area contributed by atoms with Gasteiger partial charge in [0.1, 0.15) is 0 Å². The zero-order chi connectivity index (χ0) is 13.1. The van der Waals surface area contributed by atoms with Gasteiger partial charge in [0.25, 0.3) is 0 Å². The SMILES string of the molecule is CCN(Cc1ccsc1)Cc1noc(C2CCC2)n1. The normalized spacial score (nSPS) is 15.9. The average molecular weight is 277 g/mol. The minimum atomic E-state index is 0.521. The van der Waals surface area contributed by atoms with Gasteiger partial charge in [0.05, 0.1) is 6.54 Å². The first-order chi connectivity index (χ1) is 9.35. The molecule has 1 aliphatic carbocycles. The molecule has 0 amide bonds. The maximum absolute atomic E-state index is 5.36. The lowest BCUT2D eigenvalue weighted by atomic mass is 9.85. The van der Waals surface area contributed by atoms with Gasteiger partial charge >= 0.3 is 0 Å². The lowest BCUT2D eigenvalue weighted by Crippen LogP contribution is -2.22. The van der Waals surface area contributed by atoms with Crippen molar-refractivity contribution < 1.29 is 4.52 Å². The molecule has 0 unspecified atom stereocenters. The van der Waals surface area contributed by atoms with E-state index in [4.69, 9.17) is 4.52 Å². The van der Waals surface area contributed by atoms with Crippen LogP contribution in [0.4, 0.5) is 0 Å². The highest BCUT2D eigenvalue weighted by Crippen LogP contribution is 2.35. The molecule has 0 aromatic carbocycles. The Labute approximate surface area is 117 Å². The number of rotatable bonds is 6.